The Hall–Kier alpha value is -2.70. The Bertz CT molecular complexity index is 910. The molecule has 3 rings (SSSR count). The lowest BCUT2D eigenvalue weighted by Gasteiger charge is -2.13. The highest BCUT2D eigenvalue weighted by Crippen LogP contribution is 2.14. The number of aromatic nitrogens is 3. The van der Waals surface area contributed by atoms with Gasteiger partial charge in [0, 0.05) is 11.1 Å². The Labute approximate surface area is 169 Å². The number of carbonyl (C=O) groups excluding carboxylic acids is 1. The van der Waals surface area contributed by atoms with Gasteiger partial charge in [0.05, 0.1) is 12.3 Å². The highest BCUT2D eigenvalue weighted by Gasteiger charge is 2.20. The number of halogens is 1. The fourth-order valence-electron chi connectivity index (χ4n) is 2.93. The minimum atomic E-state index is -0.362. The molecule has 0 aliphatic heterocycles. The molecule has 1 heterocycles. The van der Waals surface area contributed by atoms with Crippen LogP contribution in [-0.2, 0) is 13.0 Å². The first-order chi connectivity index (χ1) is 13.6. The number of rotatable bonds is 8. The number of aliphatic hydroxyl groups excluding tert-OH is 1. The average Bonchev–Trinajstić information content (AvgIpc) is 3.14. The summed E-state index contributed by atoms with van der Waals surface area (Å²) in [6, 6.07) is 17.2. The van der Waals surface area contributed by atoms with Gasteiger partial charge in [0.15, 0.2) is 5.69 Å². The third-order valence-electron chi connectivity index (χ3n) is 4.43. The highest BCUT2D eigenvalue weighted by atomic mass is 35.5. The molecule has 6 nitrogen and oxygen atoms in total. The van der Waals surface area contributed by atoms with Crippen LogP contribution in [0.5, 0.6) is 0 Å². The van der Waals surface area contributed by atoms with Crippen molar-refractivity contribution in [1.82, 2.24) is 20.3 Å². The van der Waals surface area contributed by atoms with Crippen molar-refractivity contribution in [3.05, 3.63) is 76.6 Å². The minimum Gasteiger partial charge on any atom is -0.390 e. The van der Waals surface area contributed by atoms with E-state index in [0.29, 0.717) is 10.7 Å². The number of nitrogens with one attached hydrogen (secondary N) is 1. The van der Waals surface area contributed by atoms with Gasteiger partial charge in [-0.1, -0.05) is 41.9 Å². The van der Waals surface area contributed by atoms with Gasteiger partial charge < -0.3 is 10.4 Å². The van der Waals surface area contributed by atoms with Gasteiger partial charge in [-0.15, -0.1) is 10.2 Å². The molecule has 0 fully saturated rings. The van der Waals surface area contributed by atoms with Gasteiger partial charge in [-0.25, -0.2) is 0 Å². The van der Waals surface area contributed by atoms with Crippen molar-refractivity contribution in [3.8, 4) is 5.69 Å². The van der Waals surface area contributed by atoms with Gasteiger partial charge in [0.2, 0.25) is 0 Å². The monoisotopic (exact) mass is 398 g/mol. The lowest BCUT2D eigenvalue weighted by molar-refractivity contribution is 0.0929. The molecular formula is C21H23ClN4O2. The molecule has 0 saturated carbocycles. The molecule has 0 radical (unpaired) electrons. The third kappa shape index (κ3) is 5.18. The molecule has 0 saturated heterocycles. The smallest absolute Gasteiger partial charge is 0.274 e. The lowest BCUT2D eigenvalue weighted by Crippen LogP contribution is -2.33. The Morgan fingerprint density at radius 1 is 1.14 bits per heavy atom. The van der Waals surface area contributed by atoms with Crippen molar-refractivity contribution in [2.75, 3.05) is 0 Å². The van der Waals surface area contributed by atoms with Crippen LogP contribution in [0.1, 0.15) is 41.5 Å². The standard InChI is InChI=1S/C21H23ClN4O2/c1-15(6-5-9-16-7-3-2-4-8-16)23-21(28)20-19(14-27)24-26(25-20)18-12-10-17(22)11-13-18/h2-4,7-8,10-13,15,27H,5-6,9,14H2,1H3,(H,23,28). The second kappa shape index (κ2) is 9.48. The van der Waals surface area contributed by atoms with E-state index >= 15 is 0 Å². The second-order valence-electron chi connectivity index (χ2n) is 6.67. The zero-order chi connectivity index (χ0) is 19.9. The highest BCUT2D eigenvalue weighted by molar-refractivity contribution is 6.30. The summed E-state index contributed by atoms with van der Waals surface area (Å²) >= 11 is 5.90. The van der Waals surface area contributed by atoms with E-state index in [1.165, 1.54) is 10.4 Å². The summed E-state index contributed by atoms with van der Waals surface area (Å²) in [7, 11) is 0. The maximum absolute atomic E-state index is 12.6. The maximum atomic E-state index is 12.6. The summed E-state index contributed by atoms with van der Waals surface area (Å²) in [6.07, 6.45) is 2.78. The Balaban J connectivity index is 1.60. The molecule has 3 aromatic rings. The molecular weight excluding hydrogens is 376 g/mol. The van der Waals surface area contributed by atoms with Gasteiger partial charge >= 0.3 is 0 Å². The summed E-state index contributed by atoms with van der Waals surface area (Å²) in [6.45, 7) is 1.60. The van der Waals surface area contributed by atoms with Crippen molar-refractivity contribution in [2.24, 2.45) is 0 Å². The molecule has 0 aliphatic rings. The summed E-state index contributed by atoms with van der Waals surface area (Å²) < 4.78 is 0. The van der Waals surface area contributed by atoms with Crippen LogP contribution in [0, 0.1) is 0 Å². The van der Waals surface area contributed by atoms with Crippen molar-refractivity contribution < 1.29 is 9.90 Å². The van der Waals surface area contributed by atoms with E-state index in [0.717, 1.165) is 19.3 Å². The number of amides is 1. The first-order valence-corrected chi connectivity index (χ1v) is 9.62. The van der Waals surface area contributed by atoms with E-state index in [4.69, 9.17) is 11.6 Å². The normalized spacial score (nSPS) is 12.0. The van der Waals surface area contributed by atoms with Crippen molar-refractivity contribution in [2.45, 2.75) is 38.8 Å². The van der Waals surface area contributed by atoms with E-state index in [1.54, 1.807) is 24.3 Å². The van der Waals surface area contributed by atoms with Gasteiger partial charge in [0.1, 0.15) is 5.69 Å². The fourth-order valence-corrected chi connectivity index (χ4v) is 3.06. The Morgan fingerprint density at radius 3 is 2.54 bits per heavy atom. The number of benzene rings is 2. The van der Waals surface area contributed by atoms with Gasteiger partial charge in [-0.2, -0.15) is 4.80 Å². The van der Waals surface area contributed by atoms with E-state index in [9.17, 15) is 9.90 Å². The molecule has 0 spiro atoms. The van der Waals surface area contributed by atoms with Crippen LogP contribution in [0.3, 0.4) is 0 Å². The maximum Gasteiger partial charge on any atom is 0.274 e. The Morgan fingerprint density at radius 2 is 1.86 bits per heavy atom. The molecule has 0 aliphatic carbocycles. The van der Waals surface area contributed by atoms with Gasteiger partial charge in [-0.05, 0) is 56.0 Å². The zero-order valence-corrected chi connectivity index (χ0v) is 16.4. The van der Waals surface area contributed by atoms with Crippen LogP contribution in [0.4, 0.5) is 0 Å². The van der Waals surface area contributed by atoms with E-state index in [1.807, 2.05) is 25.1 Å². The number of nitrogens with zero attached hydrogens (tertiary/aromatic N) is 3. The summed E-state index contributed by atoms with van der Waals surface area (Å²) in [5.41, 5.74) is 2.32. The number of hydrogen-bond acceptors (Lipinski definition) is 4. The molecule has 7 heteroatoms. The molecule has 28 heavy (non-hydrogen) atoms. The third-order valence-corrected chi connectivity index (χ3v) is 4.68. The SMILES string of the molecule is CC(CCCc1ccccc1)NC(=O)c1nn(-c2ccc(Cl)cc2)nc1CO. The number of hydrogen-bond donors (Lipinski definition) is 2. The summed E-state index contributed by atoms with van der Waals surface area (Å²) in [5, 5.41) is 21.6. The van der Waals surface area contributed by atoms with Crippen LogP contribution in [-0.4, -0.2) is 32.0 Å². The van der Waals surface area contributed by atoms with Crippen LogP contribution in [0.2, 0.25) is 5.02 Å². The van der Waals surface area contributed by atoms with Crippen LogP contribution in [0.25, 0.3) is 5.69 Å². The molecule has 1 amide bonds. The predicted molar refractivity (Wildman–Crippen MR) is 109 cm³/mol. The Kier molecular flexibility index (Phi) is 6.79. The molecule has 1 aromatic heterocycles. The largest absolute Gasteiger partial charge is 0.390 e. The number of carbonyl (C=O) groups is 1. The number of aryl methyl sites for hydroxylation is 1. The summed E-state index contributed by atoms with van der Waals surface area (Å²) in [5.74, 6) is -0.337. The zero-order valence-electron chi connectivity index (χ0n) is 15.7. The first-order valence-electron chi connectivity index (χ1n) is 9.24. The van der Waals surface area contributed by atoms with Crippen molar-refractivity contribution in [1.29, 1.82) is 0 Å². The lowest BCUT2D eigenvalue weighted by atomic mass is 10.1. The second-order valence-corrected chi connectivity index (χ2v) is 7.11. The molecule has 1 atom stereocenters. The molecule has 0 bridgehead atoms. The van der Waals surface area contributed by atoms with E-state index in [-0.39, 0.29) is 29.9 Å². The van der Waals surface area contributed by atoms with E-state index < -0.39 is 0 Å². The van der Waals surface area contributed by atoms with Gasteiger partial charge in [-0.3, -0.25) is 4.79 Å². The topological polar surface area (TPSA) is 80.0 Å². The van der Waals surface area contributed by atoms with Crippen LogP contribution >= 0.6 is 11.6 Å². The van der Waals surface area contributed by atoms with Crippen molar-refractivity contribution in [3.63, 3.8) is 0 Å². The number of aliphatic hydroxyl groups is 1. The summed E-state index contributed by atoms with van der Waals surface area (Å²) in [4.78, 5) is 13.9. The predicted octanol–water partition coefficient (Wildman–Crippen LogP) is 3.55. The molecule has 1 unspecified atom stereocenters. The molecule has 146 valence electrons. The average molecular weight is 399 g/mol. The van der Waals surface area contributed by atoms with Crippen molar-refractivity contribution >= 4 is 17.5 Å². The quantitative estimate of drug-likeness (QED) is 0.608. The first kappa shape index (κ1) is 20.0. The fraction of sp³-hybridized carbons (Fsp3) is 0.286. The van der Waals surface area contributed by atoms with Crippen LogP contribution < -0.4 is 5.32 Å². The van der Waals surface area contributed by atoms with Gasteiger partial charge in [0.25, 0.3) is 5.91 Å². The minimum absolute atomic E-state index is 0.0107. The van der Waals surface area contributed by atoms with E-state index in [2.05, 4.69) is 27.6 Å². The molecule has 2 aromatic carbocycles. The molecule has 2 N–H and O–H groups in total. The van der Waals surface area contributed by atoms with Crippen LogP contribution in [0.15, 0.2) is 54.6 Å².